The largest absolute Gasteiger partial charge is 0.337 e. The van der Waals surface area contributed by atoms with Crippen LogP contribution in [0.25, 0.3) is 0 Å². The van der Waals surface area contributed by atoms with Crippen LogP contribution >= 0.6 is 0 Å². The number of carbonyl (C=O) groups is 3. The average molecular weight is 268 g/mol. The van der Waals surface area contributed by atoms with Crippen molar-refractivity contribution in [2.75, 3.05) is 19.6 Å². The van der Waals surface area contributed by atoms with Crippen molar-refractivity contribution in [2.24, 2.45) is 5.73 Å². The first-order valence-electron chi connectivity index (χ1n) is 6.63. The number of carbonyl (C=O) groups excluding carboxylic acids is 3. The quantitative estimate of drug-likeness (QED) is 0.659. The van der Waals surface area contributed by atoms with Crippen LogP contribution < -0.4 is 11.1 Å². The Bertz CT molecular complexity index is 396. The highest BCUT2D eigenvalue weighted by molar-refractivity contribution is 6.03. The Kier molecular flexibility index (Phi) is 4.04. The number of nitrogens with one attached hydrogen (secondary N) is 1. The van der Waals surface area contributed by atoms with Gasteiger partial charge in [-0.05, 0) is 26.2 Å². The molecule has 0 unspecified atom stereocenters. The van der Waals surface area contributed by atoms with Crippen molar-refractivity contribution in [3.8, 4) is 0 Å². The molecule has 2 rings (SSSR count). The molecule has 0 spiro atoms. The topological polar surface area (TPSA) is 95.7 Å². The molecular formula is C12H20N4O3. The number of likely N-dealkylation sites (tertiary alicyclic amines) is 1. The van der Waals surface area contributed by atoms with Gasteiger partial charge in [-0.3, -0.25) is 14.9 Å². The summed E-state index contributed by atoms with van der Waals surface area (Å²) < 4.78 is 0. The summed E-state index contributed by atoms with van der Waals surface area (Å²) in [6.07, 6.45) is 2.92. The lowest BCUT2D eigenvalue weighted by molar-refractivity contribution is -0.135. The maximum absolute atomic E-state index is 12.3. The fraction of sp³-hybridized carbons (Fsp3) is 0.750. The molecule has 2 fully saturated rings. The number of amides is 4. The number of piperidine rings is 1. The van der Waals surface area contributed by atoms with E-state index in [0.717, 1.165) is 19.3 Å². The molecule has 0 bridgehead atoms. The molecule has 106 valence electrons. The number of nitrogens with two attached hydrogens (primary N) is 1. The van der Waals surface area contributed by atoms with Gasteiger partial charge in [0.2, 0.25) is 11.8 Å². The molecule has 0 aromatic heterocycles. The summed E-state index contributed by atoms with van der Waals surface area (Å²) in [7, 11) is 0. The van der Waals surface area contributed by atoms with Gasteiger partial charge in [0.1, 0.15) is 13.1 Å². The van der Waals surface area contributed by atoms with E-state index in [1.54, 1.807) is 4.90 Å². The molecule has 2 saturated heterocycles. The first-order valence-corrected chi connectivity index (χ1v) is 6.63. The molecular weight excluding hydrogens is 248 g/mol. The van der Waals surface area contributed by atoms with E-state index in [4.69, 9.17) is 5.73 Å². The summed E-state index contributed by atoms with van der Waals surface area (Å²) in [5, 5.41) is 2.16. The standard InChI is InChI=1S/C12H20N4O3/c1-8(13)9-4-2-3-5-16(9)11(18)7-15-6-10(17)14-12(15)19/h8-9H,2-7,13H2,1H3,(H,14,17,19)/t8-,9-/m1/s1. The Morgan fingerprint density at radius 1 is 1.47 bits per heavy atom. The minimum absolute atomic E-state index is 0.0302. The van der Waals surface area contributed by atoms with Gasteiger partial charge in [0, 0.05) is 18.6 Å². The molecule has 0 aliphatic carbocycles. The van der Waals surface area contributed by atoms with Gasteiger partial charge >= 0.3 is 6.03 Å². The molecule has 7 heteroatoms. The van der Waals surface area contributed by atoms with E-state index in [1.807, 2.05) is 6.92 Å². The molecule has 4 amide bonds. The predicted molar refractivity (Wildman–Crippen MR) is 68.1 cm³/mol. The van der Waals surface area contributed by atoms with Crippen LogP contribution in [-0.2, 0) is 9.59 Å². The molecule has 0 saturated carbocycles. The van der Waals surface area contributed by atoms with Crippen molar-refractivity contribution in [3.05, 3.63) is 0 Å². The van der Waals surface area contributed by atoms with E-state index in [2.05, 4.69) is 5.32 Å². The van der Waals surface area contributed by atoms with Gasteiger partial charge in [-0.25, -0.2) is 4.79 Å². The molecule has 2 heterocycles. The minimum atomic E-state index is -0.493. The number of imide groups is 1. The summed E-state index contributed by atoms with van der Waals surface area (Å²) in [5.41, 5.74) is 5.91. The summed E-state index contributed by atoms with van der Waals surface area (Å²) in [4.78, 5) is 37.7. The van der Waals surface area contributed by atoms with Crippen LogP contribution in [0.1, 0.15) is 26.2 Å². The van der Waals surface area contributed by atoms with Gasteiger partial charge in [0.05, 0.1) is 0 Å². The average Bonchev–Trinajstić information content (AvgIpc) is 2.67. The van der Waals surface area contributed by atoms with Gasteiger partial charge in [-0.15, -0.1) is 0 Å². The van der Waals surface area contributed by atoms with E-state index >= 15 is 0 Å². The third-order valence-electron chi connectivity index (χ3n) is 3.67. The highest BCUT2D eigenvalue weighted by Gasteiger charge is 2.33. The Morgan fingerprint density at radius 2 is 2.21 bits per heavy atom. The number of hydrogen-bond donors (Lipinski definition) is 2. The second-order valence-corrected chi connectivity index (χ2v) is 5.22. The van der Waals surface area contributed by atoms with E-state index in [1.165, 1.54) is 4.90 Å². The lowest BCUT2D eigenvalue weighted by atomic mass is 9.97. The second-order valence-electron chi connectivity index (χ2n) is 5.22. The Morgan fingerprint density at radius 3 is 2.79 bits per heavy atom. The van der Waals surface area contributed by atoms with Gasteiger partial charge in [0.25, 0.3) is 0 Å². The number of urea groups is 1. The zero-order valence-electron chi connectivity index (χ0n) is 11.1. The summed E-state index contributed by atoms with van der Waals surface area (Å²) >= 11 is 0. The maximum atomic E-state index is 12.3. The highest BCUT2D eigenvalue weighted by Crippen LogP contribution is 2.19. The highest BCUT2D eigenvalue weighted by atomic mass is 16.2. The molecule has 2 aliphatic heterocycles. The third kappa shape index (κ3) is 3.04. The first kappa shape index (κ1) is 13.8. The molecule has 3 N–H and O–H groups in total. The summed E-state index contributed by atoms with van der Waals surface area (Å²) in [6.45, 7) is 2.47. The molecule has 0 aromatic carbocycles. The first-order chi connectivity index (χ1) is 8.99. The van der Waals surface area contributed by atoms with E-state index < -0.39 is 6.03 Å². The van der Waals surface area contributed by atoms with Gasteiger partial charge in [-0.2, -0.15) is 0 Å². The van der Waals surface area contributed by atoms with Crippen molar-refractivity contribution < 1.29 is 14.4 Å². The van der Waals surface area contributed by atoms with Crippen molar-refractivity contribution in [1.82, 2.24) is 15.1 Å². The summed E-state index contributed by atoms with van der Waals surface area (Å²) in [5.74, 6) is -0.493. The van der Waals surface area contributed by atoms with E-state index in [-0.39, 0.29) is 37.0 Å². The fourth-order valence-corrected chi connectivity index (χ4v) is 2.68. The van der Waals surface area contributed by atoms with Crippen molar-refractivity contribution >= 4 is 17.8 Å². The molecule has 2 atom stereocenters. The van der Waals surface area contributed by atoms with Gasteiger partial charge in [-0.1, -0.05) is 0 Å². The fourth-order valence-electron chi connectivity index (χ4n) is 2.68. The Hall–Kier alpha value is -1.63. The second kappa shape index (κ2) is 5.56. The minimum Gasteiger partial charge on any atom is -0.337 e. The van der Waals surface area contributed by atoms with Crippen LogP contribution in [0, 0.1) is 0 Å². The van der Waals surface area contributed by atoms with Crippen LogP contribution in [0.5, 0.6) is 0 Å². The van der Waals surface area contributed by atoms with Gasteiger partial charge < -0.3 is 15.5 Å². The molecule has 0 aromatic rings. The van der Waals surface area contributed by atoms with E-state index in [0.29, 0.717) is 6.54 Å². The van der Waals surface area contributed by atoms with Crippen molar-refractivity contribution in [2.45, 2.75) is 38.3 Å². The third-order valence-corrected chi connectivity index (χ3v) is 3.67. The number of hydrogen-bond acceptors (Lipinski definition) is 4. The molecule has 0 radical (unpaired) electrons. The van der Waals surface area contributed by atoms with Gasteiger partial charge in [0.15, 0.2) is 0 Å². The zero-order valence-corrected chi connectivity index (χ0v) is 11.1. The molecule has 19 heavy (non-hydrogen) atoms. The van der Waals surface area contributed by atoms with Crippen LogP contribution in [0.2, 0.25) is 0 Å². The van der Waals surface area contributed by atoms with E-state index in [9.17, 15) is 14.4 Å². The normalized spacial score (nSPS) is 25.5. The Labute approximate surface area is 112 Å². The van der Waals surface area contributed by atoms with Crippen molar-refractivity contribution in [3.63, 3.8) is 0 Å². The lowest BCUT2D eigenvalue weighted by Gasteiger charge is -2.38. The molecule has 2 aliphatic rings. The van der Waals surface area contributed by atoms with Crippen LogP contribution in [0.15, 0.2) is 0 Å². The van der Waals surface area contributed by atoms with Crippen molar-refractivity contribution in [1.29, 1.82) is 0 Å². The summed E-state index contributed by atoms with van der Waals surface area (Å²) in [6, 6.07) is -0.548. The molecule has 7 nitrogen and oxygen atoms in total. The Balaban J connectivity index is 1.98. The van der Waals surface area contributed by atoms with Crippen LogP contribution in [0.3, 0.4) is 0 Å². The number of rotatable bonds is 3. The number of nitrogens with zero attached hydrogens (tertiary/aromatic N) is 2. The van der Waals surface area contributed by atoms with Crippen LogP contribution in [-0.4, -0.2) is 59.4 Å². The monoisotopic (exact) mass is 268 g/mol. The SMILES string of the molecule is C[C@@H](N)[C@H]1CCCCN1C(=O)CN1CC(=O)NC1=O. The zero-order chi connectivity index (χ0) is 14.0. The maximum Gasteiger partial charge on any atom is 0.325 e. The van der Waals surface area contributed by atoms with Crippen LogP contribution in [0.4, 0.5) is 4.79 Å². The predicted octanol–water partition coefficient (Wildman–Crippen LogP) is -0.733. The lowest BCUT2D eigenvalue weighted by Crippen LogP contribution is -2.54. The smallest absolute Gasteiger partial charge is 0.325 e.